The van der Waals surface area contributed by atoms with Crippen molar-refractivity contribution in [2.24, 2.45) is 17.8 Å². The molecule has 2 atom stereocenters. The molecule has 4 nitrogen and oxygen atoms in total. The van der Waals surface area contributed by atoms with Crippen LogP contribution in [0.15, 0.2) is 0 Å². The number of carbonyl (C=O) groups is 1. The molecule has 0 aromatic rings. The van der Waals surface area contributed by atoms with Crippen LogP contribution < -0.4 is 5.32 Å². The quantitative estimate of drug-likeness (QED) is 0.490. The van der Waals surface area contributed by atoms with E-state index in [-0.39, 0.29) is 5.97 Å². The van der Waals surface area contributed by atoms with E-state index in [9.17, 15) is 4.79 Å². The number of fused-ring (bicyclic) bond motifs is 1. The van der Waals surface area contributed by atoms with Crippen LogP contribution >= 0.6 is 12.2 Å². The van der Waals surface area contributed by atoms with Crippen molar-refractivity contribution in [1.82, 2.24) is 10.2 Å². The van der Waals surface area contributed by atoms with Crippen molar-refractivity contribution in [3.05, 3.63) is 0 Å². The van der Waals surface area contributed by atoms with E-state index >= 15 is 0 Å². The first-order valence-corrected chi connectivity index (χ1v) is 8.67. The molecule has 2 heterocycles. The fraction of sp³-hybridized carbons (Fsp3) is 0.875. The number of nitrogens with zero attached hydrogens (tertiary/aromatic N) is 1. The third kappa shape index (κ3) is 3.50. The SMILES string of the molecule is COC(=O)CCCNC(=S)N1CC2CC3CC(C2)CC1C3. The number of esters is 1. The normalized spacial score (nSPS) is 33.7. The third-order valence-corrected chi connectivity index (χ3v) is 5.81. The molecule has 0 aromatic carbocycles. The summed E-state index contributed by atoms with van der Waals surface area (Å²) in [6.45, 7) is 1.90. The fourth-order valence-corrected chi connectivity index (χ4v) is 4.99. The van der Waals surface area contributed by atoms with Gasteiger partial charge >= 0.3 is 5.97 Å². The van der Waals surface area contributed by atoms with E-state index in [1.807, 2.05) is 0 Å². The Labute approximate surface area is 132 Å². The van der Waals surface area contributed by atoms with Gasteiger partial charge in [0.2, 0.25) is 0 Å². The van der Waals surface area contributed by atoms with Gasteiger partial charge in [-0.15, -0.1) is 0 Å². The third-order valence-electron chi connectivity index (χ3n) is 5.43. The van der Waals surface area contributed by atoms with Gasteiger partial charge in [0.15, 0.2) is 5.11 Å². The molecule has 0 aromatic heterocycles. The molecule has 4 aliphatic rings. The first-order valence-electron chi connectivity index (χ1n) is 8.27. The molecular weight excluding hydrogens is 284 g/mol. The Morgan fingerprint density at radius 2 is 1.86 bits per heavy atom. The van der Waals surface area contributed by atoms with Crippen molar-refractivity contribution in [2.45, 2.75) is 51.0 Å². The number of thiocarbonyl (C=S) groups is 1. The lowest BCUT2D eigenvalue weighted by Crippen LogP contribution is -2.47. The fourth-order valence-electron chi connectivity index (χ4n) is 4.66. The highest BCUT2D eigenvalue weighted by atomic mass is 32.1. The molecule has 4 rings (SSSR count). The van der Waals surface area contributed by atoms with Crippen LogP contribution in [0.1, 0.15) is 44.9 Å². The van der Waals surface area contributed by atoms with Gasteiger partial charge in [0.1, 0.15) is 0 Å². The van der Waals surface area contributed by atoms with Crippen LogP contribution in [-0.2, 0) is 9.53 Å². The molecule has 4 bridgehead atoms. The Morgan fingerprint density at radius 3 is 2.52 bits per heavy atom. The first-order chi connectivity index (χ1) is 10.2. The second kappa shape index (κ2) is 6.51. The molecular formula is C16H26N2O2S. The van der Waals surface area contributed by atoms with E-state index in [0.29, 0.717) is 12.5 Å². The second-order valence-electron chi connectivity index (χ2n) is 6.99. The predicted octanol–water partition coefficient (Wildman–Crippen LogP) is 2.32. The summed E-state index contributed by atoms with van der Waals surface area (Å²) >= 11 is 5.62. The summed E-state index contributed by atoms with van der Waals surface area (Å²) in [5.74, 6) is 2.59. The minimum atomic E-state index is -0.145. The van der Waals surface area contributed by atoms with Crippen LogP contribution in [0.2, 0.25) is 0 Å². The number of nitrogens with one attached hydrogen (secondary N) is 1. The van der Waals surface area contributed by atoms with E-state index in [4.69, 9.17) is 12.2 Å². The Hall–Kier alpha value is -0.840. The number of carbonyl (C=O) groups excluding carboxylic acids is 1. The molecule has 2 saturated carbocycles. The maximum atomic E-state index is 11.1. The molecule has 0 spiro atoms. The molecule has 2 aliphatic carbocycles. The molecule has 21 heavy (non-hydrogen) atoms. The summed E-state index contributed by atoms with van der Waals surface area (Å²) in [6.07, 6.45) is 8.18. The molecule has 2 saturated heterocycles. The molecule has 0 amide bonds. The zero-order chi connectivity index (χ0) is 14.8. The monoisotopic (exact) mass is 310 g/mol. The van der Waals surface area contributed by atoms with Gasteiger partial charge in [-0.05, 0) is 68.5 Å². The molecule has 2 aliphatic heterocycles. The van der Waals surface area contributed by atoms with Crippen LogP contribution in [0.3, 0.4) is 0 Å². The Kier molecular flexibility index (Phi) is 4.67. The van der Waals surface area contributed by atoms with Crippen molar-refractivity contribution >= 4 is 23.3 Å². The van der Waals surface area contributed by atoms with E-state index in [1.54, 1.807) is 0 Å². The second-order valence-corrected chi connectivity index (χ2v) is 7.38. The van der Waals surface area contributed by atoms with Crippen LogP contribution in [-0.4, -0.2) is 42.2 Å². The lowest BCUT2D eigenvalue weighted by molar-refractivity contribution is -0.140. The average Bonchev–Trinajstić information content (AvgIpc) is 2.67. The zero-order valence-electron chi connectivity index (χ0n) is 12.8. The molecule has 1 N–H and O–H groups in total. The topological polar surface area (TPSA) is 41.6 Å². The van der Waals surface area contributed by atoms with E-state index < -0.39 is 0 Å². The number of ether oxygens (including phenoxy) is 1. The van der Waals surface area contributed by atoms with Gasteiger partial charge in [0.25, 0.3) is 0 Å². The van der Waals surface area contributed by atoms with Gasteiger partial charge < -0.3 is 15.0 Å². The van der Waals surface area contributed by atoms with Gasteiger partial charge in [-0.1, -0.05) is 0 Å². The van der Waals surface area contributed by atoms with Gasteiger partial charge in [-0.2, -0.15) is 0 Å². The van der Waals surface area contributed by atoms with Crippen molar-refractivity contribution < 1.29 is 9.53 Å². The minimum absolute atomic E-state index is 0.145. The van der Waals surface area contributed by atoms with Crippen LogP contribution in [0.4, 0.5) is 0 Å². The lowest BCUT2D eigenvalue weighted by Gasteiger charge is -2.39. The van der Waals surface area contributed by atoms with Gasteiger partial charge in [0, 0.05) is 25.6 Å². The Bertz CT molecular complexity index is 401. The van der Waals surface area contributed by atoms with E-state index in [1.165, 1.54) is 39.2 Å². The highest BCUT2D eigenvalue weighted by molar-refractivity contribution is 7.80. The van der Waals surface area contributed by atoms with Gasteiger partial charge in [-0.25, -0.2) is 0 Å². The largest absolute Gasteiger partial charge is 0.469 e. The smallest absolute Gasteiger partial charge is 0.305 e. The Balaban J connectivity index is 1.49. The molecule has 118 valence electrons. The summed E-state index contributed by atoms with van der Waals surface area (Å²) in [7, 11) is 1.43. The van der Waals surface area contributed by atoms with Crippen LogP contribution in [0.25, 0.3) is 0 Å². The zero-order valence-corrected chi connectivity index (χ0v) is 13.7. The molecule has 2 unspecified atom stereocenters. The van der Waals surface area contributed by atoms with E-state index in [2.05, 4.69) is 15.0 Å². The number of methoxy groups -OCH3 is 1. The van der Waals surface area contributed by atoms with E-state index in [0.717, 1.165) is 42.4 Å². The first kappa shape index (κ1) is 15.1. The van der Waals surface area contributed by atoms with Crippen LogP contribution in [0.5, 0.6) is 0 Å². The summed E-state index contributed by atoms with van der Waals surface area (Å²) in [4.78, 5) is 13.6. The summed E-state index contributed by atoms with van der Waals surface area (Å²) < 4.78 is 4.65. The van der Waals surface area contributed by atoms with Crippen molar-refractivity contribution in [3.63, 3.8) is 0 Å². The molecule has 4 fully saturated rings. The van der Waals surface area contributed by atoms with Crippen molar-refractivity contribution in [3.8, 4) is 0 Å². The van der Waals surface area contributed by atoms with Gasteiger partial charge in [0.05, 0.1) is 7.11 Å². The lowest BCUT2D eigenvalue weighted by atomic mass is 9.68. The van der Waals surface area contributed by atoms with Crippen LogP contribution in [0, 0.1) is 17.8 Å². The minimum Gasteiger partial charge on any atom is -0.469 e. The summed E-state index contributed by atoms with van der Waals surface area (Å²) in [6, 6.07) is 0.654. The average molecular weight is 310 g/mol. The van der Waals surface area contributed by atoms with Gasteiger partial charge in [-0.3, -0.25) is 4.79 Å². The maximum absolute atomic E-state index is 11.1. The number of hydrogen-bond donors (Lipinski definition) is 1. The molecule has 0 radical (unpaired) electrons. The summed E-state index contributed by atoms with van der Waals surface area (Å²) in [5.41, 5.74) is 0. The maximum Gasteiger partial charge on any atom is 0.305 e. The predicted molar refractivity (Wildman–Crippen MR) is 85.9 cm³/mol. The Morgan fingerprint density at radius 1 is 1.19 bits per heavy atom. The number of hydrogen-bond acceptors (Lipinski definition) is 3. The highest BCUT2D eigenvalue weighted by Gasteiger charge is 2.43. The standard InChI is InChI=1S/C16H26N2O2S/c1-20-15(19)3-2-4-17-16(21)18-10-13-6-11-5-12(7-13)9-14(18)8-11/h11-14H,2-10H2,1H3,(H,17,21). The van der Waals surface area contributed by atoms with Crippen molar-refractivity contribution in [2.75, 3.05) is 20.2 Å². The van der Waals surface area contributed by atoms with Crippen molar-refractivity contribution in [1.29, 1.82) is 0 Å². The summed E-state index contributed by atoms with van der Waals surface area (Å²) in [5, 5.41) is 4.25. The number of rotatable bonds is 4. The highest BCUT2D eigenvalue weighted by Crippen LogP contribution is 2.47. The molecule has 5 heteroatoms.